The topological polar surface area (TPSA) is 72.5 Å². The Balaban J connectivity index is 2.26. The molecule has 1 rings (SSSR count). The van der Waals surface area contributed by atoms with Crippen LogP contribution in [0.15, 0.2) is 0 Å². The van der Waals surface area contributed by atoms with Crippen LogP contribution in [0.1, 0.15) is 53.4 Å². The van der Waals surface area contributed by atoms with Gasteiger partial charge in [0.2, 0.25) is 5.91 Å². The summed E-state index contributed by atoms with van der Waals surface area (Å²) in [4.78, 5) is 35.9. The lowest BCUT2D eigenvalue weighted by atomic mass is 9.63. The van der Waals surface area contributed by atoms with Crippen molar-refractivity contribution in [1.29, 1.82) is 0 Å². The van der Waals surface area contributed by atoms with Crippen LogP contribution in [0.5, 0.6) is 0 Å². The summed E-state index contributed by atoms with van der Waals surface area (Å²) in [5, 5.41) is 2.80. The van der Waals surface area contributed by atoms with E-state index in [0.29, 0.717) is 39.0 Å². The van der Waals surface area contributed by atoms with Crippen LogP contribution in [-0.2, 0) is 19.1 Å². The van der Waals surface area contributed by atoms with Crippen molar-refractivity contribution in [3.8, 4) is 0 Å². The van der Waals surface area contributed by atoms with E-state index in [0.717, 1.165) is 6.42 Å². The summed E-state index contributed by atoms with van der Waals surface area (Å²) < 4.78 is 5.36. The molecule has 1 aliphatic carbocycles. The maximum Gasteiger partial charge on any atom is 0.233 e. The lowest BCUT2D eigenvalue weighted by molar-refractivity contribution is -0.150. The van der Waals surface area contributed by atoms with Crippen LogP contribution in [0.3, 0.4) is 0 Å². The molecule has 0 aromatic carbocycles. The Morgan fingerprint density at radius 2 is 1.68 bits per heavy atom. The van der Waals surface area contributed by atoms with Gasteiger partial charge in [0.15, 0.2) is 5.78 Å². The first kappa shape index (κ1) is 18.8. The van der Waals surface area contributed by atoms with Gasteiger partial charge in [-0.1, -0.05) is 34.1 Å². The normalized spacial score (nSPS) is 16.5. The highest BCUT2D eigenvalue weighted by molar-refractivity contribution is 6.07. The summed E-state index contributed by atoms with van der Waals surface area (Å²) in [6, 6.07) is 0. The SMILES string of the molecule is CC(C)C(=O)CCOCCNC(=O)C1(C(=O)C(C)C)CCC1. The van der Waals surface area contributed by atoms with Crippen LogP contribution in [0, 0.1) is 17.3 Å². The lowest BCUT2D eigenvalue weighted by Crippen LogP contribution is -2.53. The molecular weight excluding hydrogens is 282 g/mol. The predicted octanol–water partition coefficient (Wildman–Crippen LogP) is 2.13. The minimum Gasteiger partial charge on any atom is -0.379 e. The van der Waals surface area contributed by atoms with Crippen molar-refractivity contribution in [2.45, 2.75) is 53.4 Å². The van der Waals surface area contributed by atoms with Crippen LogP contribution >= 0.6 is 0 Å². The van der Waals surface area contributed by atoms with Crippen LogP contribution in [-0.4, -0.2) is 37.2 Å². The number of hydrogen-bond acceptors (Lipinski definition) is 4. The minimum absolute atomic E-state index is 0.0313. The molecule has 0 aliphatic heterocycles. The third kappa shape index (κ3) is 4.63. The standard InChI is InChI=1S/C17H29NO4/c1-12(2)14(19)6-10-22-11-9-18-16(21)17(7-5-8-17)15(20)13(3)4/h12-13H,5-11H2,1-4H3,(H,18,21). The highest BCUT2D eigenvalue weighted by Crippen LogP contribution is 2.43. The molecule has 0 aromatic rings. The van der Waals surface area contributed by atoms with E-state index in [9.17, 15) is 14.4 Å². The van der Waals surface area contributed by atoms with Crippen LogP contribution in [0.2, 0.25) is 0 Å². The van der Waals surface area contributed by atoms with Crippen molar-refractivity contribution in [2.24, 2.45) is 17.3 Å². The van der Waals surface area contributed by atoms with E-state index in [2.05, 4.69) is 5.32 Å². The Labute approximate surface area is 133 Å². The fourth-order valence-electron chi connectivity index (χ4n) is 2.64. The number of rotatable bonds is 10. The highest BCUT2D eigenvalue weighted by Gasteiger charge is 2.50. The van der Waals surface area contributed by atoms with E-state index in [1.54, 1.807) is 0 Å². The number of Topliss-reactive ketones (excluding diaryl/α,β-unsaturated/α-hetero) is 2. The quantitative estimate of drug-likeness (QED) is 0.495. The summed E-state index contributed by atoms with van der Waals surface area (Å²) >= 11 is 0. The lowest BCUT2D eigenvalue weighted by Gasteiger charge is -2.39. The molecule has 0 spiro atoms. The number of carbonyl (C=O) groups is 3. The Morgan fingerprint density at radius 3 is 2.14 bits per heavy atom. The van der Waals surface area contributed by atoms with Crippen molar-refractivity contribution >= 4 is 17.5 Å². The van der Waals surface area contributed by atoms with E-state index in [4.69, 9.17) is 4.74 Å². The molecule has 1 fully saturated rings. The van der Waals surface area contributed by atoms with E-state index in [1.165, 1.54) is 0 Å². The van der Waals surface area contributed by atoms with Gasteiger partial charge in [-0.2, -0.15) is 0 Å². The number of nitrogens with one attached hydrogen (secondary N) is 1. The molecular formula is C17H29NO4. The predicted molar refractivity (Wildman–Crippen MR) is 84.4 cm³/mol. The first-order chi connectivity index (χ1) is 10.3. The van der Waals surface area contributed by atoms with Crippen molar-refractivity contribution in [2.75, 3.05) is 19.8 Å². The van der Waals surface area contributed by atoms with Gasteiger partial charge < -0.3 is 10.1 Å². The van der Waals surface area contributed by atoms with Gasteiger partial charge in [0.05, 0.1) is 13.2 Å². The second-order valence-corrected chi connectivity index (χ2v) is 6.69. The van der Waals surface area contributed by atoms with Gasteiger partial charge in [0, 0.05) is 24.8 Å². The fourth-order valence-corrected chi connectivity index (χ4v) is 2.64. The molecule has 0 unspecified atom stereocenters. The third-order valence-corrected chi connectivity index (χ3v) is 4.31. The molecule has 1 aliphatic rings. The van der Waals surface area contributed by atoms with Crippen LogP contribution in [0.4, 0.5) is 0 Å². The largest absolute Gasteiger partial charge is 0.379 e. The molecule has 126 valence electrons. The molecule has 0 saturated heterocycles. The van der Waals surface area contributed by atoms with E-state index >= 15 is 0 Å². The van der Waals surface area contributed by atoms with Crippen LogP contribution < -0.4 is 5.32 Å². The molecule has 0 bridgehead atoms. The Morgan fingerprint density at radius 1 is 1.05 bits per heavy atom. The number of amides is 1. The van der Waals surface area contributed by atoms with Gasteiger partial charge in [-0.25, -0.2) is 0 Å². The van der Waals surface area contributed by atoms with Gasteiger partial charge in [0.1, 0.15) is 11.2 Å². The monoisotopic (exact) mass is 311 g/mol. The molecule has 22 heavy (non-hydrogen) atoms. The summed E-state index contributed by atoms with van der Waals surface area (Å²) in [7, 11) is 0. The maximum atomic E-state index is 12.3. The number of hydrogen-bond donors (Lipinski definition) is 1. The third-order valence-electron chi connectivity index (χ3n) is 4.31. The van der Waals surface area contributed by atoms with Gasteiger partial charge in [-0.3, -0.25) is 14.4 Å². The first-order valence-electron chi connectivity index (χ1n) is 8.24. The number of ketones is 2. The summed E-state index contributed by atoms with van der Waals surface area (Å²) in [6.07, 6.45) is 2.64. The number of ether oxygens (including phenoxy) is 1. The molecule has 0 heterocycles. The van der Waals surface area contributed by atoms with E-state index in [1.807, 2.05) is 27.7 Å². The van der Waals surface area contributed by atoms with Crippen LogP contribution in [0.25, 0.3) is 0 Å². The number of carbonyl (C=O) groups excluding carboxylic acids is 3. The van der Waals surface area contributed by atoms with E-state index in [-0.39, 0.29) is 29.3 Å². The minimum atomic E-state index is -0.804. The average Bonchev–Trinajstić information content (AvgIpc) is 2.40. The second kappa shape index (κ2) is 8.42. The zero-order valence-corrected chi connectivity index (χ0v) is 14.2. The highest BCUT2D eigenvalue weighted by atomic mass is 16.5. The van der Waals surface area contributed by atoms with E-state index < -0.39 is 5.41 Å². The average molecular weight is 311 g/mol. The van der Waals surface area contributed by atoms with Gasteiger partial charge >= 0.3 is 0 Å². The molecule has 0 atom stereocenters. The molecule has 5 heteroatoms. The van der Waals surface area contributed by atoms with Crippen molar-refractivity contribution in [3.63, 3.8) is 0 Å². The zero-order chi connectivity index (χ0) is 16.8. The van der Waals surface area contributed by atoms with Gasteiger partial charge in [0.25, 0.3) is 0 Å². The Hall–Kier alpha value is -1.23. The molecule has 1 saturated carbocycles. The Kier molecular flexibility index (Phi) is 7.20. The second-order valence-electron chi connectivity index (χ2n) is 6.69. The van der Waals surface area contributed by atoms with Gasteiger partial charge in [-0.05, 0) is 12.8 Å². The first-order valence-corrected chi connectivity index (χ1v) is 8.24. The fraction of sp³-hybridized carbons (Fsp3) is 0.824. The van der Waals surface area contributed by atoms with Crippen molar-refractivity contribution < 1.29 is 19.1 Å². The van der Waals surface area contributed by atoms with Crippen molar-refractivity contribution in [1.82, 2.24) is 5.32 Å². The summed E-state index contributed by atoms with van der Waals surface area (Å²) in [5.74, 6) is -0.0350. The molecule has 1 N–H and O–H groups in total. The molecule has 0 radical (unpaired) electrons. The van der Waals surface area contributed by atoms with Crippen molar-refractivity contribution in [3.05, 3.63) is 0 Å². The zero-order valence-electron chi connectivity index (χ0n) is 14.2. The smallest absolute Gasteiger partial charge is 0.233 e. The Bertz CT molecular complexity index is 411. The van der Waals surface area contributed by atoms with Gasteiger partial charge in [-0.15, -0.1) is 0 Å². The maximum absolute atomic E-state index is 12.3. The summed E-state index contributed by atoms with van der Waals surface area (Å²) in [6.45, 7) is 8.53. The molecule has 5 nitrogen and oxygen atoms in total. The molecule has 0 aromatic heterocycles. The molecule has 1 amide bonds. The summed E-state index contributed by atoms with van der Waals surface area (Å²) in [5.41, 5.74) is -0.804.